The van der Waals surface area contributed by atoms with Crippen molar-refractivity contribution in [1.82, 2.24) is 5.32 Å². The third kappa shape index (κ3) is 5.01. The highest BCUT2D eigenvalue weighted by Crippen LogP contribution is 2.40. The van der Waals surface area contributed by atoms with Gasteiger partial charge < -0.3 is 15.4 Å². The number of nitrogens with zero attached hydrogens (tertiary/aromatic N) is 1. The standard InChI is InChI=1S/C24H23N3O4S/c1-14-9-10-15(2)18(11-14)26-19(28)13-32-23-17(12-25)20(16-7-5-4-6-8-16)21(22(29)27-23)24(30)31-3/h4-11,20-21H,13H2,1-3H3,(H,26,28)(H,27,29)/t20-,21+/m0/s1. The smallest absolute Gasteiger partial charge is 0.319 e. The molecule has 0 unspecified atom stereocenters. The number of nitrogens with one attached hydrogen (secondary N) is 2. The minimum Gasteiger partial charge on any atom is -0.468 e. The SMILES string of the molecule is COC(=O)[C@H]1C(=O)NC(SCC(=O)Nc2cc(C)ccc2C)=C(C#N)[C@@H]1c1ccccc1. The van der Waals surface area contributed by atoms with Crippen molar-refractivity contribution in [1.29, 1.82) is 5.26 Å². The third-order valence-corrected chi connectivity index (χ3v) is 6.17. The molecular formula is C24H23N3O4S. The summed E-state index contributed by atoms with van der Waals surface area (Å²) in [5.74, 6) is -3.56. The summed E-state index contributed by atoms with van der Waals surface area (Å²) in [7, 11) is 1.20. The summed E-state index contributed by atoms with van der Waals surface area (Å²) in [6, 6.07) is 16.8. The lowest BCUT2D eigenvalue weighted by Crippen LogP contribution is -2.44. The number of aryl methyl sites for hydroxylation is 2. The minimum atomic E-state index is -1.19. The van der Waals surface area contributed by atoms with Gasteiger partial charge in [-0.2, -0.15) is 5.26 Å². The fraction of sp³-hybridized carbons (Fsp3) is 0.250. The number of ether oxygens (including phenoxy) is 1. The zero-order chi connectivity index (χ0) is 23.3. The predicted octanol–water partition coefficient (Wildman–Crippen LogP) is 3.41. The summed E-state index contributed by atoms with van der Waals surface area (Å²) in [6.07, 6.45) is 0. The number of allylic oxidation sites excluding steroid dienone is 1. The lowest BCUT2D eigenvalue weighted by atomic mass is 9.78. The molecule has 0 radical (unpaired) electrons. The molecule has 3 rings (SSSR count). The zero-order valence-electron chi connectivity index (χ0n) is 18.0. The highest BCUT2D eigenvalue weighted by Gasteiger charge is 2.44. The molecule has 8 heteroatoms. The molecule has 0 saturated carbocycles. The summed E-state index contributed by atoms with van der Waals surface area (Å²) >= 11 is 1.05. The topological polar surface area (TPSA) is 108 Å². The van der Waals surface area contributed by atoms with Crippen LogP contribution in [0.15, 0.2) is 59.1 Å². The molecule has 0 spiro atoms. The van der Waals surface area contributed by atoms with E-state index in [4.69, 9.17) is 4.74 Å². The van der Waals surface area contributed by atoms with Crippen molar-refractivity contribution in [3.63, 3.8) is 0 Å². The van der Waals surface area contributed by atoms with Crippen molar-refractivity contribution in [2.24, 2.45) is 5.92 Å². The molecule has 0 fully saturated rings. The molecule has 2 amide bonds. The number of benzene rings is 2. The van der Waals surface area contributed by atoms with Gasteiger partial charge in [0.25, 0.3) is 0 Å². The van der Waals surface area contributed by atoms with Gasteiger partial charge in [0.1, 0.15) is 5.92 Å². The molecule has 0 aliphatic carbocycles. The van der Waals surface area contributed by atoms with Crippen LogP contribution in [0, 0.1) is 31.1 Å². The van der Waals surface area contributed by atoms with E-state index in [9.17, 15) is 19.6 Å². The van der Waals surface area contributed by atoms with E-state index in [-0.39, 0.29) is 22.3 Å². The summed E-state index contributed by atoms with van der Waals surface area (Å²) < 4.78 is 4.82. The quantitative estimate of drug-likeness (QED) is 0.517. The third-order valence-electron chi connectivity index (χ3n) is 5.16. The lowest BCUT2D eigenvalue weighted by molar-refractivity contribution is -0.150. The molecule has 1 aliphatic rings. The lowest BCUT2D eigenvalue weighted by Gasteiger charge is -2.30. The second kappa shape index (κ2) is 10.2. The van der Waals surface area contributed by atoms with Gasteiger partial charge in [0, 0.05) is 11.6 Å². The number of esters is 1. The molecule has 0 aromatic heterocycles. The number of amides is 2. The average molecular weight is 450 g/mol. The Hall–Kier alpha value is -3.57. The highest BCUT2D eigenvalue weighted by atomic mass is 32.2. The van der Waals surface area contributed by atoms with Crippen molar-refractivity contribution < 1.29 is 19.1 Å². The number of hydrogen-bond donors (Lipinski definition) is 2. The Kier molecular flexibility index (Phi) is 7.33. The van der Waals surface area contributed by atoms with Crippen LogP contribution in [-0.4, -0.2) is 30.6 Å². The van der Waals surface area contributed by atoms with Crippen molar-refractivity contribution >= 4 is 35.2 Å². The molecule has 2 aromatic rings. The minimum absolute atomic E-state index is 0.0153. The maximum atomic E-state index is 12.8. The molecule has 1 aliphatic heterocycles. The molecular weight excluding hydrogens is 426 g/mol. The Bertz CT molecular complexity index is 1120. The van der Waals surface area contributed by atoms with Crippen molar-refractivity contribution in [3.8, 4) is 6.07 Å². The zero-order valence-corrected chi connectivity index (χ0v) is 18.8. The van der Waals surface area contributed by atoms with E-state index in [1.54, 1.807) is 24.3 Å². The second-order valence-corrected chi connectivity index (χ2v) is 8.37. The first-order chi connectivity index (χ1) is 15.3. The summed E-state index contributed by atoms with van der Waals surface area (Å²) in [4.78, 5) is 37.7. The van der Waals surface area contributed by atoms with E-state index < -0.39 is 23.7 Å². The molecule has 32 heavy (non-hydrogen) atoms. The number of rotatable bonds is 6. The molecule has 0 bridgehead atoms. The van der Waals surface area contributed by atoms with Crippen LogP contribution in [-0.2, 0) is 19.1 Å². The van der Waals surface area contributed by atoms with E-state index in [1.807, 2.05) is 38.1 Å². The van der Waals surface area contributed by atoms with Gasteiger partial charge in [-0.3, -0.25) is 14.4 Å². The number of methoxy groups -OCH3 is 1. The Balaban J connectivity index is 1.87. The number of nitriles is 1. The van der Waals surface area contributed by atoms with Crippen LogP contribution < -0.4 is 10.6 Å². The molecule has 164 valence electrons. The van der Waals surface area contributed by atoms with Gasteiger partial charge in [-0.25, -0.2) is 0 Å². The van der Waals surface area contributed by atoms with Crippen molar-refractivity contribution in [3.05, 3.63) is 75.8 Å². The predicted molar refractivity (Wildman–Crippen MR) is 122 cm³/mol. The van der Waals surface area contributed by atoms with E-state index in [2.05, 4.69) is 16.7 Å². The Morgan fingerprint density at radius 3 is 2.56 bits per heavy atom. The molecule has 7 nitrogen and oxygen atoms in total. The monoisotopic (exact) mass is 449 g/mol. The first-order valence-electron chi connectivity index (χ1n) is 9.93. The van der Waals surface area contributed by atoms with E-state index in [0.717, 1.165) is 22.9 Å². The number of carbonyl (C=O) groups excluding carboxylic acids is 3. The molecule has 0 saturated heterocycles. The van der Waals surface area contributed by atoms with Crippen LogP contribution in [0.4, 0.5) is 5.69 Å². The number of hydrogen-bond acceptors (Lipinski definition) is 6. The van der Waals surface area contributed by atoms with Crippen molar-refractivity contribution in [2.45, 2.75) is 19.8 Å². The summed E-state index contributed by atoms with van der Waals surface area (Å²) in [6.45, 7) is 3.84. The second-order valence-electron chi connectivity index (χ2n) is 7.39. The van der Waals surface area contributed by atoms with Gasteiger partial charge in [-0.05, 0) is 36.6 Å². The highest BCUT2D eigenvalue weighted by molar-refractivity contribution is 8.03. The van der Waals surface area contributed by atoms with Gasteiger partial charge in [-0.15, -0.1) is 0 Å². The van der Waals surface area contributed by atoms with Gasteiger partial charge >= 0.3 is 5.97 Å². The van der Waals surface area contributed by atoms with Crippen molar-refractivity contribution in [2.75, 3.05) is 18.2 Å². The average Bonchev–Trinajstić information content (AvgIpc) is 2.79. The van der Waals surface area contributed by atoms with Gasteiger partial charge in [0.2, 0.25) is 11.8 Å². The van der Waals surface area contributed by atoms with Crippen LogP contribution in [0.1, 0.15) is 22.6 Å². The van der Waals surface area contributed by atoms with Crippen LogP contribution >= 0.6 is 11.8 Å². The first-order valence-corrected chi connectivity index (χ1v) is 10.9. The van der Waals surface area contributed by atoms with Crippen LogP contribution in [0.25, 0.3) is 0 Å². The number of carbonyl (C=O) groups is 3. The van der Waals surface area contributed by atoms with Crippen LogP contribution in [0.3, 0.4) is 0 Å². The normalized spacial score (nSPS) is 17.9. The Morgan fingerprint density at radius 1 is 1.19 bits per heavy atom. The van der Waals surface area contributed by atoms with Crippen LogP contribution in [0.5, 0.6) is 0 Å². The van der Waals surface area contributed by atoms with E-state index >= 15 is 0 Å². The fourth-order valence-corrected chi connectivity index (χ4v) is 4.38. The largest absolute Gasteiger partial charge is 0.468 e. The molecule has 2 aromatic carbocycles. The van der Waals surface area contributed by atoms with Crippen LogP contribution in [0.2, 0.25) is 0 Å². The molecule has 2 atom stereocenters. The summed E-state index contributed by atoms with van der Waals surface area (Å²) in [5.41, 5.74) is 3.53. The van der Waals surface area contributed by atoms with E-state index in [0.29, 0.717) is 11.3 Å². The van der Waals surface area contributed by atoms with E-state index in [1.165, 1.54) is 7.11 Å². The van der Waals surface area contributed by atoms with Gasteiger partial charge in [0.15, 0.2) is 0 Å². The number of thioether (sulfide) groups is 1. The molecule has 1 heterocycles. The Morgan fingerprint density at radius 2 is 1.91 bits per heavy atom. The molecule has 2 N–H and O–H groups in total. The maximum absolute atomic E-state index is 12.8. The fourth-order valence-electron chi connectivity index (χ4n) is 3.53. The maximum Gasteiger partial charge on any atom is 0.319 e. The first kappa shape index (κ1) is 23.1. The Labute approximate surface area is 190 Å². The van der Waals surface area contributed by atoms with Gasteiger partial charge in [0.05, 0.1) is 29.5 Å². The number of anilines is 1. The summed E-state index contributed by atoms with van der Waals surface area (Å²) in [5, 5.41) is 15.6. The van der Waals surface area contributed by atoms with Gasteiger partial charge in [-0.1, -0.05) is 54.2 Å².